The molecule has 3 aromatic rings. The van der Waals surface area contributed by atoms with E-state index in [0.29, 0.717) is 6.54 Å². The number of hydrogen-bond donors (Lipinski definition) is 4. The van der Waals surface area contributed by atoms with Crippen LogP contribution >= 0.6 is 0 Å². The molecule has 0 unspecified atom stereocenters. The molecular weight excluding hydrogens is 318 g/mol. The predicted octanol–water partition coefficient (Wildman–Crippen LogP) is 0.878. The summed E-state index contributed by atoms with van der Waals surface area (Å²) in [6, 6.07) is 11.9. The zero-order valence-electron chi connectivity index (χ0n) is 13.3. The highest BCUT2D eigenvalue weighted by Gasteiger charge is 2.14. The first kappa shape index (κ1) is 15.3. The number of nitrogens with zero attached hydrogens (tertiary/aromatic N) is 4. The van der Waals surface area contributed by atoms with Crippen LogP contribution in [0, 0.1) is 0 Å². The molecule has 0 radical (unpaired) electrons. The van der Waals surface area contributed by atoms with Crippen LogP contribution in [0.5, 0.6) is 0 Å². The second kappa shape index (κ2) is 6.71. The van der Waals surface area contributed by atoms with Gasteiger partial charge >= 0.3 is 0 Å². The van der Waals surface area contributed by atoms with E-state index in [9.17, 15) is 5.11 Å². The molecule has 25 heavy (non-hydrogen) atoms. The fraction of sp³-hybridized carbons (Fsp3) is 0.118. The maximum absolute atomic E-state index is 9.22. The van der Waals surface area contributed by atoms with Gasteiger partial charge in [-0.25, -0.2) is 5.53 Å². The van der Waals surface area contributed by atoms with Crippen LogP contribution in [0.4, 0.5) is 0 Å². The molecule has 1 aliphatic rings. The molecule has 4 N–H and O–H groups in total. The van der Waals surface area contributed by atoms with Gasteiger partial charge in [0.05, 0.1) is 13.2 Å². The van der Waals surface area contributed by atoms with Crippen molar-refractivity contribution in [2.45, 2.75) is 6.54 Å². The number of hydrogen-bond acceptors (Lipinski definition) is 7. The fourth-order valence-electron chi connectivity index (χ4n) is 2.72. The van der Waals surface area contributed by atoms with E-state index in [1.807, 2.05) is 42.6 Å². The fourth-order valence-corrected chi connectivity index (χ4v) is 2.72. The molecule has 0 saturated carbocycles. The van der Waals surface area contributed by atoms with E-state index in [4.69, 9.17) is 0 Å². The van der Waals surface area contributed by atoms with Gasteiger partial charge in [0.25, 0.3) is 0 Å². The molecule has 2 aromatic heterocycles. The number of aliphatic hydroxyl groups is 1. The van der Waals surface area contributed by atoms with Crippen molar-refractivity contribution in [2.24, 2.45) is 5.10 Å². The van der Waals surface area contributed by atoms with Crippen molar-refractivity contribution in [2.75, 3.05) is 6.61 Å². The number of aromatic nitrogens is 3. The van der Waals surface area contributed by atoms with Crippen molar-refractivity contribution >= 4 is 5.84 Å². The van der Waals surface area contributed by atoms with Gasteiger partial charge in [-0.15, -0.1) is 10.6 Å². The zero-order chi connectivity index (χ0) is 17.1. The Morgan fingerprint density at radius 2 is 1.72 bits per heavy atom. The number of hydrazine groups is 2. The van der Waals surface area contributed by atoms with Crippen molar-refractivity contribution in [1.29, 1.82) is 0 Å². The molecule has 3 heterocycles. The Morgan fingerprint density at radius 1 is 0.960 bits per heavy atom. The first-order chi connectivity index (χ1) is 12.3. The number of benzene rings is 1. The molecule has 0 amide bonds. The second-order valence-electron chi connectivity index (χ2n) is 5.51. The van der Waals surface area contributed by atoms with E-state index in [-0.39, 0.29) is 6.61 Å². The van der Waals surface area contributed by atoms with E-state index >= 15 is 0 Å². The Hall–Kier alpha value is -3.23. The van der Waals surface area contributed by atoms with Crippen molar-refractivity contribution in [1.82, 2.24) is 31.3 Å². The summed E-state index contributed by atoms with van der Waals surface area (Å²) in [7, 11) is 0. The van der Waals surface area contributed by atoms with Gasteiger partial charge in [0.2, 0.25) is 0 Å². The molecule has 0 saturated heterocycles. The first-order valence-electron chi connectivity index (χ1n) is 7.88. The lowest BCUT2D eigenvalue weighted by atomic mass is 10.0. The Labute approximate surface area is 144 Å². The summed E-state index contributed by atoms with van der Waals surface area (Å²) in [5, 5.41) is 17.9. The maximum Gasteiger partial charge on any atom is 0.170 e. The third-order valence-electron chi connectivity index (χ3n) is 3.92. The number of aliphatic hydroxyl groups excluding tert-OH is 1. The zero-order valence-corrected chi connectivity index (χ0v) is 13.3. The van der Waals surface area contributed by atoms with Gasteiger partial charge in [-0.2, -0.15) is 5.10 Å². The van der Waals surface area contributed by atoms with E-state index in [1.54, 1.807) is 17.1 Å². The van der Waals surface area contributed by atoms with Gasteiger partial charge in [0.15, 0.2) is 5.84 Å². The average Bonchev–Trinajstić information content (AvgIpc) is 3.33. The quantitative estimate of drug-likeness (QED) is 0.552. The van der Waals surface area contributed by atoms with Gasteiger partial charge in [-0.05, 0) is 17.7 Å². The minimum Gasteiger partial charge on any atom is -0.394 e. The summed E-state index contributed by atoms with van der Waals surface area (Å²) in [6.45, 7) is 0.496. The largest absolute Gasteiger partial charge is 0.394 e. The van der Waals surface area contributed by atoms with Crippen LogP contribution in [0.25, 0.3) is 22.4 Å². The van der Waals surface area contributed by atoms with Crippen molar-refractivity contribution in [3.63, 3.8) is 0 Å². The smallest absolute Gasteiger partial charge is 0.170 e. The molecule has 4 rings (SSSR count). The van der Waals surface area contributed by atoms with Crippen molar-refractivity contribution < 1.29 is 5.11 Å². The van der Waals surface area contributed by atoms with Crippen LogP contribution in [-0.4, -0.2) is 32.3 Å². The molecule has 0 atom stereocenters. The minimum atomic E-state index is 0.0430. The molecule has 0 fully saturated rings. The number of amidine groups is 1. The highest BCUT2D eigenvalue weighted by atomic mass is 16.3. The first-order valence-corrected chi connectivity index (χ1v) is 7.88. The average molecular weight is 335 g/mol. The van der Waals surface area contributed by atoms with Gasteiger partial charge in [-0.3, -0.25) is 15.1 Å². The van der Waals surface area contributed by atoms with Gasteiger partial charge in [0, 0.05) is 35.3 Å². The van der Waals surface area contributed by atoms with Gasteiger partial charge < -0.3 is 5.11 Å². The molecule has 0 spiro atoms. The third-order valence-corrected chi connectivity index (χ3v) is 3.92. The number of pyridine rings is 1. The number of hydrazone groups is 1. The lowest BCUT2D eigenvalue weighted by Crippen LogP contribution is -2.35. The summed E-state index contributed by atoms with van der Waals surface area (Å²) in [5.74, 6) is 0.733. The lowest BCUT2D eigenvalue weighted by molar-refractivity contribution is 0.269. The van der Waals surface area contributed by atoms with Crippen molar-refractivity contribution in [3.05, 3.63) is 60.6 Å². The molecular formula is C17H17N7O. The van der Waals surface area contributed by atoms with Crippen LogP contribution in [0.3, 0.4) is 0 Å². The van der Waals surface area contributed by atoms with Crippen molar-refractivity contribution in [3.8, 4) is 22.4 Å². The van der Waals surface area contributed by atoms with Crippen LogP contribution in [0.1, 0.15) is 5.56 Å². The van der Waals surface area contributed by atoms with Crippen LogP contribution in [0.15, 0.2) is 60.1 Å². The van der Waals surface area contributed by atoms with E-state index in [0.717, 1.165) is 33.8 Å². The van der Waals surface area contributed by atoms with E-state index in [2.05, 4.69) is 31.7 Å². The normalized spacial score (nSPS) is 13.2. The summed E-state index contributed by atoms with van der Waals surface area (Å²) in [5.41, 5.74) is 13.2. The third kappa shape index (κ3) is 3.08. The Bertz CT molecular complexity index is 887. The topological polar surface area (TPSA) is 99.4 Å². The molecule has 1 aliphatic heterocycles. The highest BCUT2D eigenvalue weighted by molar-refractivity contribution is 5.99. The minimum absolute atomic E-state index is 0.0430. The van der Waals surface area contributed by atoms with E-state index in [1.165, 1.54) is 0 Å². The van der Waals surface area contributed by atoms with Crippen LogP contribution in [0.2, 0.25) is 0 Å². The standard InChI is InChI=1S/C17H17N7O/c25-10-9-24-11-15(16(21-24)13-5-7-18-8-6-13)12-1-3-14(4-2-12)17-19-22-23-20-17/h1-8,11,22-23,25H,9-10H2,(H,19,20). The monoisotopic (exact) mass is 335 g/mol. The highest BCUT2D eigenvalue weighted by Crippen LogP contribution is 2.31. The number of rotatable bonds is 5. The summed E-state index contributed by atoms with van der Waals surface area (Å²) >= 11 is 0. The lowest BCUT2D eigenvalue weighted by Gasteiger charge is -2.05. The predicted molar refractivity (Wildman–Crippen MR) is 93.9 cm³/mol. The summed E-state index contributed by atoms with van der Waals surface area (Å²) < 4.78 is 1.76. The van der Waals surface area contributed by atoms with Crippen LogP contribution < -0.4 is 16.5 Å². The Morgan fingerprint density at radius 3 is 2.40 bits per heavy atom. The molecule has 0 bridgehead atoms. The Balaban J connectivity index is 1.73. The molecule has 8 heteroatoms. The molecule has 126 valence electrons. The van der Waals surface area contributed by atoms with Gasteiger partial charge in [-0.1, -0.05) is 24.3 Å². The molecule has 0 aliphatic carbocycles. The summed E-state index contributed by atoms with van der Waals surface area (Å²) in [4.78, 5) is 4.07. The van der Waals surface area contributed by atoms with Crippen LogP contribution in [-0.2, 0) is 6.54 Å². The summed E-state index contributed by atoms with van der Waals surface area (Å²) in [6.07, 6.45) is 5.45. The number of nitrogens with one attached hydrogen (secondary N) is 3. The van der Waals surface area contributed by atoms with Gasteiger partial charge in [0.1, 0.15) is 5.69 Å². The molecule has 1 aromatic carbocycles. The second-order valence-corrected chi connectivity index (χ2v) is 5.51. The molecule has 8 nitrogen and oxygen atoms in total. The Kier molecular flexibility index (Phi) is 4.11. The SMILES string of the molecule is OCCn1cc(-c2ccc(C3=NNNN3)cc2)c(-c2ccncc2)n1. The maximum atomic E-state index is 9.22. The van der Waals surface area contributed by atoms with E-state index < -0.39 is 0 Å².